The number of halogens is 1. The van der Waals surface area contributed by atoms with E-state index in [-0.39, 0.29) is 0 Å². The number of aromatic nitrogens is 2. The number of nitrogens with one attached hydrogen (secondary N) is 3. The van der Waals surface area contributed by atoms with Crippen LogP contribution in [0, 0.1) is 0 Å². The monoisotopic (exact) mass is 584 g/mol. The summed E-state index contributed by atoms with van der Waals surface area (Å²) >= 11 is 0. The highest BCUT2D eigenvalue weighted by Crippen LogP contribution is 2.41. The van der Waals surface area contributed by atoms with Crippen LogP contribution in [0.15, 0.2) is 21.9 Å². The third-order valence-corrected chi connectivity index (χ3v) is 6.80. The number of nitrogens with zero attached hydrogens (tertiary/aromatic N) is 1. The molecule has 0 aliphatic carbocycles. The van der Waals surface area contributed by atoms with Crippen LogP contribution >= 0.6 is 7.67 Å². The number of ether oxygens (including phenoxy) is 3. The first-order chi connectivity index (χ1) is 17.9. The van der Waals surface area contributed by atoms with Crippen molar-refractivity contribution in [3.8, 4) is 0 Å². The molecule has 0 spiro atoms. The Morgan fingerprint density at radius 2 is 1.54 bits per heavy atom. The molecule has 1 heterocycles. The fourth-order valence-electron chi connectivity index (χ4n) is 2.89. The predicted molar refractivity (Wildman–Crippen MR) is 135 cm³/mol. The summed E-state index contributed by atoms with van der Waals surface area (Å²) in [6.07, 6.45) is -3.82. The van der Waals surface area contributed by atoms with Crippen molar-refractivity contribution < 1.29 is 47.5 Å². The molecule has 224 valence electrons. The van der Waals surface area contributed by atoms with Gasteiger partial charge in [-0.1, -0.05) is 0 Å². The van der Waals surface area contributed by atoms with Gasteiger partial charge in [-0.05, 0) is 48.5 Å². The largest absolute Gasteiger partial charge is 0.462 e. The molecule has 0 saturated heterocycles. The van der Waals surface area contributed by atoms with Crippen LogP contribution < -0.4 is 21.4 Å². The van der Waals surface area contributed by atoms with Crippen molar-refractivity contribution in [1.29, 1.82) is 0 Å². The zero-order chi connectivity index (χ0) is 30.1. The van der Waals surface area contributed by atoms with Crippen molar-refractivity contribution in [1.82, 2.24) is 19.7 Å². The van der Waals surface area contributed by atoms with E-state index in [1.807, 2.05) is 4.98 Å². The highest BCUT2D eigenvalue weighted by atomic mass is 31.2. The van der Waals surface area contributed by atoms with Crippen molar-refractivity contribution in [2.75, 3.05) is 13.2 Å². The van der Waals surface area contributed by atoms with Gasteiger partial charge in [-0.15, -0.1) is 0 Å². The Morgan fingerprint density at radius 3 is 1.92 bits per heavy atom. The number of alkyl halides is 1. The number of carbonyl (C=O) groups excluding carboxylic acids is 2. The molecular weight excluding hydrogens is 546 g/mol. The Kier molecular flexibility index (Phi) is 13.1. The summed E-state index contributed by atoms with van der Waals surface area (Å²) in [4.78, 5) is 49.9. The van der Waals surface area contributed by atoms with Crippen molar-refractivity contribution in [3.05, 3.63) is 33.1 Å². The second-order valence-corrected chi connectivity index (χ2v) is 11.1. The first kappa shape index (κ1) is 34.6. The zero-order valence-corrected chi connectivity index (χ0v) is 23.8. The predicted octanol–water partition coefficient (Wildman–Crippen LogP) is 0.0748. The second kappa shape index (κ2) is 14.8. The first-order valence-corrected chi connectivity index (χ1v) is 13.7. The molecule has 0 amide bonds. The van der Waals surface area contributed by atoms with Gasteiger partial charge in [-0.25, -0.2) is 19.4 Å². The van der Waals surface area contributed by atoms with Crippen LogP contribution in [0.2, 0.25) is 0 Å². The smallest absolute Gasteiger partial charge is 0.342 e. The lowest BCUT2D eigenvalue weighted by Crippen LogP contribution is -2.49. The molecule has 0 aliphatic rings. The van der Waals surface area contributed by atoms with Crippen LogP contribution in [0.1, 0.15) is 54.7 Å². The van der Waals surface area contributed by atoms with Crippen molar-refractivity contribution in [2.45, 2.75) is 90.9 Å². The summed E-state index contributed by atoms with van der Waals surface area (Å²) < 4.78 is 50.7. The van der Waals surface area contributed by atoms with Gasteiger partial charge < -0.3 is 24.4 Å². The lowest BCUT2D eigenvalue weighted by molar-refractivity contribution is -0.264. The minimum atomic E-state index is -4.51. The van der Waals surface area contributed by atoms with Crippen LogP contribution in [-0.4, -0.2) is 81.2 Å². The molecule has 15 nitrogen and oxygen atoms in total. The van der Waals surface area contributed by atoms with E-state index in [0.717, 1.165) is 19.2 Å². The summed E-state index contributed by atoms with van der Waals surface area (Å²) in [5.74, 6) is -4.86. The Morgan fingerprint density at radius 1 is 1.05 bits per heavy atom. The van der Waals surface area contributed by atoms with Gasteiger partial charge in [0.05, 0.1) is 18.8 Å². The summed E-state index contributed by atoms with van der Waals surface area (Å²) in [5.41, 5.74) is -1.80. The minimum Gasteiger partial charge on any atom is -0.462 e. The summed E-state index contributed by atoms with van der Waals surface area (Å²) in [5, 5.41) is 24.5. The molecule has 0 aromatic carbocycles. The van der Waals surface area contributed by atoms with Gasteiger partial charge in [-0.2, -0.15) is 0 Å². The van der Waals surface area contributed by atoms with E-state index >= 15 is 4.39 Å². The topological polar surface area (TPSA) is 208 Å². The van der Waals surface area contributed by atoms with E-state index < -0.39 is 86.5 Å². The summed E-state index contributed by atoms with van der Waals surface area (Å²) in [6, 6.07) is -1.63. The number of H-pyrrole nitrogens is 1. The maximum Gasteiger partial charge on any atom is 0.342 e. The lowest BCUT2D eigenvalue weighted by Gasteiger charge is -2.34. The molecule has 0 bridgehead atoms. The van der Waals surface area contributed by atoms with Crippen LogP contribution in [-0.2, 0) is 32.9 Å². The Labute approximate surface area is 224 Å². The number of hydrogen-bond donors (Lipinski definition) is 5. The van der Waals surface area contributed by atoms with Gasteiger partial charge in [0.15, 0.2) is 6.23 Å². The molecule has 0 fully saturated rings. The van der Waals surface area contributed by atoms with E-state index in [1.165, 1.54) is 13.8 Å². The van der Waals surface area contributed by atoms with Gasteiger partial charge in [0.25, 0.3) is 11.4 Å². The molecule has 5 N–H and O–H groups in total. The van der Waals surface area contributed by atoms with Gasteiger partial charge in [0.2, 0.25) is 0 Å². The Hall–Kier alpha value is -2.46. The molecule has 0 aliphatic heterocycles. The van der Waals surface area contributed by atoms with Gasteiger partial charge in [-0.3, -0.25) is 33.0 Å². The highest BCUT2D eigenvalue weighted by molar-refractivity contribution is 7.54. The van der Waals surface area contributed by atoms with Crippen LogP contribution in [0.4, 0.5) is 4.39 Å². The van der Waals surface area contributed by atoms with E-state index in [1.54, 1.807) is 27.7 Å². The molecule has 0 radical (unpaired) electrons. The molecule has 5 atom stereocenters. The third kappa shape index (κ3) is 10.9. The number of esters is 2. The van der Waals surface area contributed by atoms with Crippen molar-refractivity contribution in [2.24, 2.45) is 0 Å². The summed E-state index contributed by atoms with van der Waals surface area (Å²) in [7, 11) is -4.51. The Balaban J connectivity index is 3.26. The highest BCUT2D eigenvalue weighted by Gasteiger charge is 2.44. The maximum absolute atomic E-state index is 15.9. The van der Waals surface area contributed by atoms with Gasteiger partial charge >= 0.3 is 25.3 Å². The second-order valence-electron chi connectivity index (χ2n) is 9.23. The SMILES string of the molecule is CC(C)OC(=O)C(C)NP(=O)(NC(C)C(=O)OC(C)C)OC[C@@](F)(O[C@H](CO)n1ccc(=O)[nH]c1=O)[C@H](C)O. The molecule has 1 aromatic heterocycles. The average molecular weight is 585 g/mol. The lowest BCUT2D eigenvalue weighted by atomic mass is 10.2. The molecule has 1 rings (SSSR count). The van der Waals surface area contributed by atoms with Crippen LogP contribution in [0.3, 0.4) is 0 Å². The zero-order valence-electron chi connectivity index (χ0n) is 22.9. The number of aromatic amines is 1. The Bertz CT molecular complexity index is 1090. The van der Waals surface area contributed by atoms with E-state index in [2.05, 4.69) is 10.2 Å². The third-order valence-electron chi connectivity index (χ3n) is 4.85. The summed E-state index contributed by atoms with van der Waals surface area (Å²) in [6.45, 7) is 7.64. The number of rotatable bonds is 16. The normalized spacial score (nSPS) is 18.1. The van der Waals surface area contributed by atoms with E-state index in [0.29, 0.717) is 4.57 Å². The number of aliphatic hydroxyl groups excluding tert-OH is 2. The van der Waals surface area contributed by atoms with Crippen molar-refractivity contribution >= 4 is 19.6 Å². The van der Waals surface area contributed by atoms with E-state index in [4.69, 9.17) is 18.7 Å². The quantitative estimate of drug-likeness (QED) is 0.129. The van der Waals surface area contributed by atoms with E-state index in [9.17, 15) is 34.0 Å². The van der Waals surface area contributed by atoms with Crippen LogP contribution in [0.25, 0.3) is 0 Å². The van der Waals surface area contributed by atoms with Gasteiger partial charge in [0.1, 0.15) is 24.8 Å². The molecule has 0 saturated carbocycles. The molecular formula is C22H38FN4O11P. The standard InChI is InChI=1S/C22H38FN4O11P/c1-12(2)36-19(31)14(5)25-39(34,26-15(6)20(32)37-13(3)4)35-11-22(23,16(7)29)38-18(10-28)27-9-8-17(30)24-21(27)33/h8-9,12-16,18,28-29H,10-11H2,1-7H3,(H,24,30,33)(H2,25,26,34)/t14?,15?,16-,18+,22+,39?/m0/s1. The van der Waals surface area contributed by atoms with Gasteiger partial charge in [0, 0.05) is 12.3 Å². The average Bonchev–Trinajstić information content (AvgIpc) is 2.80. The fourth-order valence-corrected chi connectivity index (χ4v) is 4.70. The van der Waals surface area contributed by atoms with Crippen LogP contribution in [0.5, 0.6) is 0 Å². The molecule has 39 heavy (non-hydrogen) atoms. The molecule has 2 unspecified atom stereocenters. The molecule has 1 aromatic rings. The maximum atomic E-state index is 15.9. The fraction of sp³-hybridized carbons (Fsp3) is 0.727. The minimum absolute atomic E-state index is 0.510. The first-order valence-electron chi connectivity index (χ1n) is 12.1. The molecule has 17 heteroatoms. The number of aliphatic hydroxyl groups is 2. The number of hydrogen-bond acceptors (Lipinski definition) is 11. The number of carbonyl (C=O) groups is 2. The van der Waals surface area contributed by atoms with Crippen molar-refractivity contribution in [3.63, 3.8) is 0 Å².